The Hall–Kier alpha value is -1.10. The van der Waals surface area contributed by atoms with Crippen LogP contribution in [0, 0.1) is 0 Å². The van der Waals surface area contributed by atoms with Gasteiger partial charge < -0.3 is 10.6 Å². The molecule has 0 spiro atoms. The van der Waals surface area contributed by atoms with Crippen molar-refractivity contribution in [2.24, 2.45) is 0 Å². The van der Waals surface area contributed by atoms with Gasteiger partial charge in [0.1, 0.15) is 0 Å². The van der Waals surface area contributed by atoms with E-state index < -0.39 is 0 Å². The molecule has 0 aliphatic carbocycles. The Bertz CT molecular complexity index is 290. The molecule has 0 aliphatic rings. The standard InChI is InChI=1S/C7H8BrN3O/c1-9-7(12)11-6-2-3-10-4-5(6)8/h2-4H,1H3,(H2,9,10,11,12). The first-order valence-electron chi connectivity index (χ1n) is 3.32. The third-order valence-electron chi connectivity index (χ3n) is 1.25. The number of amides is 2. The van der Waals surface area contributed by atoms with Crippen LogP contribution in [0.25, 0.3) is 0 Å². The Morgan fingerprint density at radius 3 is 3.00 bits per heavy atom. The second kappa shape index (κ2) is 4.06. The van der Waals surface area contributed by atoms with Crippen molar-refractivity contribution in [3.05, 3.63) is 22.9 Å². The third-order valence-corrected chi connectivity index (χ3v) is 1.88. The highest BCUT2D eigenvalue weighted by Crippen LogP contribution is 2.19. The molecule has 1 rings (SSSR count). The smallest absolute Gasteiger partial charge is 0.319 e. The summed E-state index contributed by atoms with van der Waals surface area (Å²) < 4.78 is 0.758. The first kappa shape index (κ1) is 8.99. The molecular weight excluding hydrogens is 222 g/mol. The number of aromatic nitrogens is 1. The fourth-order valence-electron chi connectivity index (χ4n) is 0.661. The van der Waals surface area contributed by atoms with Crippen LogP contribution in [-0.2, 0) is 0 Å². The van der Waals surface area contributed by atoms with Crippen molar-refractivity contribution in [2.45, 2.75) is 0 Å². The Morgan fingerprint density at radius 2 is 2.42 bits per heavy atom. The lowest BCUT2D eigenvalue weighted by molar-refractivity contribution is 0.254. The topological polar surface area (TPSA) is 54.0 Å². The quantitative estimate of drug-likeness (QED) is 0.769. The first-order chi connectivity index (χ1) is 5.74. The van der Waals surface area contributed by atoms with Gasteiger partial charge in [0, 0.05) is 19.4 Å². The molecule has 12 heavy (non-hydrogen) atoms. The van der Waals surface area contributed by atoms with Crippen LogP contribution in [0.3, 0.4) is 0 Å². The molecule has 0 unspecified atom stereocenters. The molecule has 0 fully saturated rings. The Balaban J connectivity index is 2.75. The van der Waals surface area contributed by atoms with Crippen molar-refractivity contribution < 1.29 is 4.79 Å². The van der Waals surface area contributed by atoms with Crippen molar-refractivity contribution in [2.75, 3.05) is 12.4 Å². The summed E-state index contributed by atoms with van der Waals surface area (Å²) in [5.41, 5.74) is 0.698. The number of carbonyl (C=O) groups is 1. The average molecular weight is 230 g/mol. The number of pyridine rings is 1. The van der Waals surface area contributed by atoms with Crippen molar-refractivity contribution in [1.82, 2.24) is 10.3 Å². The molecule has 1 aromatic heterocycles. The zero-order valence-corrected chi connectivity index (χ0v) is 8.05. The minimum atomic E-state index is -0.248. The number of carbonyl (C=O) groups excluding carboxylic acids is 1. The highest BCUT2D eigenvalue weighted by molar-refractivity contribution is 9.10. The lowest BCUT2D eigenvalue weighted by Crippen LogP contribution is -2.24. The molecule has 5 heteroatoms. The highest BCUT2D eigenvalue weighted by atomic mass is 79.9. The van der Waals surface area contributed by atoms with Gasteiger partial charge in [-0.1, -0.05) is 0 Å². The predicted octanol–water partition coefficient (Wildman–Crippen LogP) is 1.60. The molecule has 0 atom stereocenters. The minimum Gasteiger partial charge on any atom is -0.341 e. The number of rotatable bonds is 1. The summed E-state index contributed by atoms with van der Waals surface area (Å²) in [5.74, 6) is 0. The molecule has 4 nitrogen and oxygen atoms in total. The number of anilines is 1. The predicted molar refractivity (Wildman–Crippen MR) is 50.0 cm³/mol. The second-order valence-corrected chi connectivity index (χ2v) is 2.91. The van der Waals surface area contributed by atoms with E-state index in [1.807, 2.05) is 0 Å². The number of hydrogen-bond donors (Lipinski definition) is 2. The van der Waals surface area contributed by atoms with Gasteiger partial charge >= 0.3 is 6.03 Å². The number of hydrogen-bond acceptors (Lipinski definition) is 2. The molecule has 2 amide bonds. The molecule has 0 aromatic carbocycles. The van der Waals surface area contributed by atoms with Crippen LogP contribution in [-0.4, -0.2) is 18.1 Å². The molecule has 2 N–H and O–H groups in total. The molecule has 0 radical (unpaired) electrons. The second-order valence-electron chi connectivity index (χ2n) is 2.06. The lowest BCUT2D eigenvalue weighted by Gasteiger charge is -2.04. The van der Waals surface area contributed by atoms with Gasteiger partial charge in [0.25, 0.3) is 0 Å². The molecular formula is C7H8BrN3O. The number of nitrogens with one attached hydrogen (secondary N) is 2. The van der Waals surface area contributed by atoms with E-state index in [2.05, 4.69) is 31.5 Å². The molecule has 1 heterocycles. The van der Waals surface area contributed by atoms with Crippen LogP contribution in [0.15, 0.2) is 22.9 Å². The summed E-state index contributed by atoms with van der Waals surface area (Å²) in [7, 11) is 1.56. The zero-order valence-electron chi connectivity index (χ0n) is 6.47. The van der Waals surface area contributed by atoms with Crippen LogP contribution < -0.4 is 10.6 Å². The van der Waals surface area contributed by atoms with E-state index in [1.54, 1.807) is 25.5 Å². The minimum absolute atomic E-state index is 0.248. The van der Waals surface area contributed by atoms with Crippen molar-refractivity contribution in [3.63, 3.8) is 0 Å². The molecule has 1 aromatic rings. The van der Waals surface area contributed by atoms with E-state index in [9.17, 15) is 4.79 Å². The van der Waals surface area contributed by atoms with Gasteiger partial charge in [-0.15, -0.1) is 0 Å². The van der Waals surface area contributed by atoms with Gasteiger partial charge in [-0.3, -0.25) is 4.98 Å². The van der Waals surface area contributed by atoms with Gasteiger partial charge in [0.2, 0.25) is 0 Å². The van der Waals surface area contributed by atoms with Crippen LogP contribution in [0.1, 0.15) is 0 Å². The Morgan fingerprint density at radius 1 is 1.67 bits per heavy atom. The molecule has 0 bridgehead atoms. The number of nitrogens with zero attached hydrogens (tertiary/aromatic N) is 1. The van der Waals surface area contributed by atoms with Gasteiger partial charge in [0.15, 0.2) is 0 Å². The van der Waals surface area contributed by atoms with E-state index >= 15 is 0 Å². The van der Waals surface area contributed by atoms with Crippen LogP contribution in [0.5, 0.6) is 0 Å². The Kier molecular flexibility index (Phi) is 3.04. The molecule has 64 valence electrons. The summed E-state index contributed by atoms with van der Waals surface area (Å²) in [5, 5.41) is 5.07. The van der Waals surface area contributed by atoms with Crippen molar-refractivity contribution in [3.8, 4) is 0 Å². The monoisotopic (exact) mass is 229 g/mol. The maximum atomic E-state index is 10.9. The summed E-state index contributed by atoms with van der Waals surface area (Å²) in [6, 6.07) is 1.46. The summed E-state index contributed by atoms with van der Waals surface area (Å²) in [4.78, 5) is 14.7. The summed E-state index contributed by atoms with van der Waals surface area (Å²) in [6.45, 7) is 0. The van der Waals surface area contributed by atoms with Gasteiger partial charge in [-0.05, 0) is 22.0 Å². The van der Waals surface area contributed by atoms with Crippen LogP contribution in [0.2, 0.25) is 0 Å². The molecule has 0 saturated heterocycles. The summed E-state index contributed by atoms with van der Waals surface area (Å²) in [6.07, 6.45) is 3.22. The molecule has 0 aliphatic heterocycles. The zero-order chi connectivity index (χ0) is 8.97. The van der Waals surface area contributed by atoms with E-state index in [-0.39, 0.29) is 6.03 Å². The van der Waals surface area contributed by atoms with E-state index in [0.717, 1.165) is 4.47 Å². The first-order valence-corrected chi connectivity index (χ1v) is 4.11. The van der Waals surface area contributed by atoms with Crippen molar-refractivity contribution in [1.29, 1.82) is 0 Å². The highest BCUT2D eigenvalue weighted by Gasteiger charge is 2.01. The SMILES string of the molecule is CNC(=O)Nc1ccncc1Br. The molecule has 0 saturated carbocycles. The lowest BCUT2D eigenvalue weighted by atomic mass is 10.4. The Labute approximate surface area is 78.5 Å². The van der Waals surface area contributed by atoms with E-state index in [4.69, 9.17) is 0 Å². The average Bonchev–Trinajstić information content (AvgIpc) is 2.09. The largest absolute Gasteiger partial charge is 0.341 e. The van der Waals surface area contributed by atoms with Crippen LogP contribution >= 0.6 is 15.9 Å². The fourth-order valence-corrected chi connectivity index (χ4v) is 1.01. The van der Waals surface area contributed by atoms with Gasteiger partial charge in [0.05, 0.1) is 10.2 Å². The normalized spacial score (nSPS) is 9.17. The maximum Gasteiger partial charge on any atom is 0.319 e. The van der Waals surface area contributed by atoms with Crippen molar-refractivity contribution >= 4 is 27.6 Å². The maximum absolute atomic E-state index is 10.9. The fraction of sp³-hybridized carbons (Fsp3) is 0.143. The van der Waals surface area contributed by atoms with E-state index in [0.29, 0.717) is 5.69 Å². The number of urea groups is 1. The van der Waals surface area contributed by atoms with E-state index in [1.165, 1.54) is 0 Å². The summed E-state index contributed by atoms with van der Waals surface area (Å²) >= 11 is 3.25. The third kappa shape index (κ3) is 2.20. The van der Waals surface area contributed by atoms with Gasteiger partial charge in [-0.2, -0.15) is 0 Å². The van der Waals surface area contributed by atoms with Crippen LogP contribution in [0.4, 0.5) is 10.5 Å². The number of halogens is 1. The van der Waals surface area contributed by atoms with Gasteiger partial charge in [-0.25, -0.2) is 4.79 Å².